The van der Waals surface area contributed by atoms with Gasteiger partial charge in [-0.05, 0) is 119 Å². The molecule has 2 amide bonds. The average molecular weight is 751 g/mol. The van der Waals surface area contributed by atoms with E-state index in [1.807, 2.05) is 39.9 Å². The first kappa shape index (κ1) is 45.8. The summed E-state index contributed by atoms with van der Waals surface area (Å²) in [7, 11) is 0.669. The molecule has 0 unspecified atom stereocenters. The zero-order valence-electron chi connectivity index (χ0n) is 34.9. The molecule has 0 aliphatic carbocycles. The molecule has 1 fully saturated rings. The van der Waals surface area contributed by atoms with Crippen molar-refractivity contribution in [2.75, 3.05) is 40.6 Å². The zero-order valence-corrected chi connectivity index (χ0v) is 35.9. The van der Waals surface area contributed by atoms with Crippen LogP contribution in [-0.2, 0) is 25.4 Å². The predicted octanol–water partition coefficient (Wildman–Crippen LogP) is 8.15. The van der Waals surface area contributed by atoms with Crippen LogP contribution in [0.5, 0.6) is 11.5 Å². The van der Waals surface area contributed by atoms with Crippen molar-refractivity contribution in [1.29, 1.82) is 0 Å². The van der Waals surface area contributed by atoms with Gasteiger partial charge in [0, 0.05) is 51.4 Å². The molecule has 1 saturated heterocycles. The molecule has 0 bridgehead atoms. The van der Waals surface area contributed by atoms with Gasteiger partial charge in [-0.3, -0.25) is 4.79 Å². The van der Waals surface area contributed by atoms with Gasteiger partial charge in [-0.1, -0.05) is 47.6 Å². The highest BCUT2D eigenvalue weighted by Gasteiger charge is 2.43. The largest absolute Gasteiger partial charge is 0.493 e. The van der Waals surface area contributed by atoms with Gasteiger partial charge >= 0.3 is 6.09 Å². The minimum atomic E-state index is -2.66. The molecule has 0 aromatic heterocycles. The highest BCUT2D eigenvalue weighted by molar-refractivity contribution is 6.72. The fourth-order valence-corrected chi connectivity index (χ4v) is 7.61. The lowest BCUT2D eigenvalue weighted by Crippen LogP contribution is -2.49. The molecule has 1 heterocycles. The van der Waals surface area contributed by atoms with Crippen molar-refractivity contribution in [2.45, 2.75) is 143 Å². The van der Waals surface area contributed by atoms with Gasteiger partial charge in [0.15, 0.2) is 19.8 Å². The van der Waals surface area contributed by atoms with Gasteiger partial charge in [-0.25, -0.2) is 4.79 Å². The molecule has 52 heavy (non-hydrogen) atoms. The average Bonchev–Trinajstić information content (AvgIpc) is 3.03. The van der Waals surface area contributed by atoms with E-state index in [-0.39, 0.29) is 52.6 Å². The van der Waals surface area contributed by atoms with E-state index in [0.717, 1.165) is 31.2 Å². The normalized spacial score (nSPS) is 17.0. The summed E-state index contributed by atoms with van der Waals surface area (Å²) in [5.41, 5.74) is 0.446. The van der Waals surface area contributed by atoms with Crippen molar-refractivity contribution in [3.8, 4) is 11.5 Å². The lowest BCUT2D eigenvalue weighted by Gasteiger charge is -2.42. The van der Waals surface area contributed by atoms with Crippen molar-refractivity contribution in [3.63, 3.8) is 0 Å². The summed E-state index contributed by atoms with van der Waals surface area (Å²) in [6.45, 7) is 24.9. The van der Waals surface area contributed by atoms with E-state index < -0.39 is 20.0 Å². The van der Waals surface area contributed by atoms with Crippen LogP contribution in [0.15, 0.2) is 18.2 Å². The summed E-state index contributed by atoms with van der Waals surface area (Å²) in [4.78, 5) is 39.1. The van der Waals surface area contributed by atoms with E-state index in [0.29, 0.717) is 57.2 Å². The number of carbonyl (C=O) groups is 2. The molecule has 1 aliphatic heterocycles. The fraction of sp³-hybridized carbons (Fsp3) is 0.805. The highest BCUT2D eigenvalue weighted by Crippen LogP contribution is 2.45. The quantitative estimate of drug-likeness (QED) is 0.0850. The maximum atomic E-state index is 14.0. The Balaban J connectivity index is 2.56. The molecular weight excluding hydrogens is 677 g/mol. The summed E-state index contributed by atoms with van der Waals surface area (Å²) in [6, 6.07) is 5.90. The van der Waals surface area contributed by atoms with Crippen LogP contribution in [-0.4, -0.2) is 83.4 Å². The molecule has 300 valence electrons. The summed E-state index contributed by atoms with van der Waals surface area (Å²) >= 11 is 0. The van der Waals surface area contributed by atoms with Crippen LogP contribution >= 0.6 is 0 Å². The molecular formula is C41H74N2O8Si. The van der Waals surface area contributed by atoms with Crippen LogP contribution in [0.3, 0.4) is 0 Å². The summed E-state index contributed by atoms with van der Waals surface area (Å²) in [5.74, 6) is 1.60. The molecule has 0 radical (unpaired) electrons. The third kappa shape index (κ3) is 15.6. The Labute approximate surface area is 316 Å². The highest BCUT2D eigenvalue weighted by atomic mass is 28.4. The predicted molar refractivity (Wildman–Crippen MR) is 212 cm³/mol. The third-order valence-corrected chi connectivity index (χ3v) is 14.5. The molecule has 10 nitrogen and oxygen atoms in total. The van der Waals surface area contributed by atoms with Crippen LogP contribution in [0.25, 0.3) is 0 Å². The number of nitrogens with one attached hydrogen (secondary N) is 2. The topological polar surface area (TPSA) is 125 Å². The lowest BCUT2D eigenvalue weighted by molar-refractivity contribution is -0.128. The molecule has 3 N–H and O–H groups in total. The van der Waals surface area contributed by atoms with Crippen LogP contribution in [0, 0.1) is 29.6 Å². The van der Waals surface area contributed by atoms with Crippen molar-refractivity contribution in [3.05, 3.63) is 23.8 Å². The third-order valence-electron chi connectivity index (χ3n) is 10.9. The lowest BCUT2D eigenvalue weighted by atomic mass is 9.74. The van der Waals surface area contributed by atoms with Crippen molar-refractivity contribution in [1.82, 2.24) is 10.6 Å². The first-order valence-electron chi connectivity index (χ1n) is 19.6. The van der Waals surface area contributed by atoms with Crippen molar-refractivity contribution in [2.24, 2.45) is 29.6 Å². The van der Waals surface area contributed by atoms with Gasteiger partial charge in [-0.2, -0.15) is 0 Å². The number of ether oxygens (including phenoxy) is 5. The van der Waals surface area contributed by atoms with Gasteiger partial charge in [-0.15, -0.1) is 0 Å². The van der Waals surface area contributed by atoms with Gasteiger partial charge in [0.2, 0.25) is 5.91 Å². The van der Waals surface area contributed by atoms with Gasteiger partial charge in [0.05, 0.1) is 13.7 Å². The SMILES string of the molecule is COCCCOc1cc(C[C@@H](C[C@H](NC(=O)OC(C)(C)C)[C@H](C[C@H](C(=O)NC2CCOCC2)C(C)C)CC(C)(C)[Si](C)(C)O)C(C)C)ccc1OC. The molecule has 4 atom stereocenters. The first-order valence-corrected chi connectivity index (χ1v) is 22.5. The summed E-state index contributed by atoms with van der Waals surface area (Å²) in [5, 5.41) is 6.27. The maximum Gasteiger partial charge on any atom is 0.407 e. The molecule has 1 aromatic rings. The molecule has 1 aliphatic rings. The molecule has 1 aromatic carbocycles. The monoisotopic (exact) mass is 751 g/mol. The van der Waals surface area contributed by atoms with E-state index in [1.54, 1.807) is 14.2 Å². The smallest absolute Gasteiger partial charge is 0.407 e. The van der Waals surface area contributed by atoms with Crippen LogP contribution in [0.2, 0.25) is 18.1 Å². The minimum absolute atomic E-state index is 0.0536. The van der Waals surface area contributed by atoms with E-state index in [4.69, 9.17) is 23.7 Å². The number of hydrogen-bond donors (Lipinski definition) is 3. The molecule has 11 heteroatoms. The van der Waals surface area contributed by atoms with E-state index in [1.165, 1.54) is 0 Å². The van der Waals surface area contributed by atoms with Crippen molar-refractivity contribution >= 4 is 20.3 Å². The molecule has 0 spiro atoms. The fourth-order valence-electron chi connectivity index (χ4n) is 6.85. The number of carbonyl (C=O) groups excluding carboxylic acids is 2. The van der Waals surface area contributed by atoms with Gasteiger partial charge < -0.3 is 39.1 Å². The van der Waals surface area contributed by atoms with Crippen molar-refractivity contribution < 1.29 is 38.1 Å². The second-order valence-electron chi connectivity index (χ2n) is 17.8. The Morgan fingerprint density at radius 1 is 0.942 bits per heavy atom. The molecule has 2 rings (SSSR count). The minimum Gasteiger partial charge on any atom is -0.493 e. The van der Waals surface area contributed by atoms with Crippen LogP contribution in [0.4, 0.5) is 4.79 Å². The Bertz CT molecular complexity index is 1220. The number of methoxy groups -OCH3 is 2. The van der Waals surface area contributed by atoms with Crippen LogP contribution in [0.1, 0.15) is 106 Å². The summed E-state index contributed by atoms with van der Waals surface area (Å²) in [6.07, 6.45) is 4.59. The number of amides is 2. The second kappa shape index (κ2) is 20.9. The Kier molecular flexibility index (Phi) is 18.4. The Hall–Kier alpha value is -2.34. The maximum absolute atomic E-state index is 14.0. The zero-order chi connectivity index (χ0) is 39.3. The van der Waals surface area contributed by atoms with E-state index >= 15 is 0 Å². The van der Waals surface area contributed by atoms with E-state index in [2.05, 4.69) is 64.3 Å². The first-order chi connectivity index (χ1) is 24.2. The molecule has 0 saturated carbocycles. The van der Waals surface area contributed by atoms with Gasteiger partial charge in [0.1, 0.15) is 5.60 Å². The van der Waals surface area contributed by atoms with E-state index in [9.17, 15) is 14.4 Å². The Morgan fingerprint density at radius 2 is 1.60 bits per heavy atom. The van der Waals surface area contributed by atoms with Gasteiger partial charge in [0.25, 0.3) is 0 Å². The number of benzene rings is 1. The Morgan fingerprint density at radius 3 is 2.13 bits per heavy atom. The number of rotatable bonds is 21. The number of hydrogen-bond acceptors (Lipinski definition) is 8. The summed E-state index contributed by atoms with van der Waals surface area (Å²) < 4.78 is 28.3. The van der Waals surface area contributed by atoms with Crippen LogP contribution < -0.4 is 20.1 Å². The standard InChI is InChI=1S/C41H74N2O8Si/c1-28(2)31(23-30-15-16-36(48-11)37(24-30)50-20-14-19-47-10)26-35(43-39(45)51-40(5,6)7)32(27-41(8,9)52(12,13)46)25-34(29(3)4)38(44)42-33-17-21-49-22-18-33/h15-16,24,28-29,31-35,46H,14,17-23,25-27H2,1-13H3,(H,42,44)(H,43,45)/t31-,32+,34-,35-/m0/s1. The number of alkyl carbamates (subject to hydrolysis) is 1. The second-order valence-corrected chi connectivity index (χ2v) is 22.2.